The quantitative estimate of drug-likeness (QED) is 0.467. The summed E-state index contributed by atoms with van der Waals surface area (Å²) in [7, 11) is -4.45. The van der Waals surface area contributed by atoms with Gasteiger partial charge in [-0.05, 0) is 76.6 Å². The Balaban J connectivity index is 2.31. The zero-order valence-corrected chi connectivity index (χ0v) is 21.3. The second-order valence-electron chi connectivity index (χ2n) is 7.42. The highest BCUT2D eigenvalue weighted by atomic mass is 32.2. The molecule has 2 rings (SSSR count). The predicted octanol–water partition coefficient (Wildman–Crippen LogP) is 3.71. The summed E-state index contributed by atoms with van der Waals surface area (Å²) in [6, 6.07) is 7.65. The van der Waals surface area contributed by atoms with Gasteiger partial charge in [0.1, 0.15) is 0 Å². The first-order valence-electron chi connectivity index (χ1n) is 11.2. The van der Waals surface area contributed by atoms with Gasteiger partial charge in [-0.2, -0.15) is 0 Å². The Labute approximate surface area is 205 Å². The van der Waals surface area contributed by atoms with Gasteiger partial charge in [0.15, 0.2) is 0 Å². The minimum absolute atomic E-state index is 0.0532. The molecule has 35 heavy (non-hydrogen) atoms. The number of nitrogens with zero attached hydrogens (tertiary/aromatic N) is 1. The monoisotopic (exact) mass is 505 g/mol. The molecule has 0 saturated carbocycles. The Hall–Kier alpha value is -3.60. The number of hydrogen-bond donors (Lipinski definition) is 2. The summed E-state index contributed by atoms with van der Waals surface area (Å²) < 4.78 is 37.6. The number of rotatable bonds is 10. The lowest BCUT2D eigenvalue weighted by molar-refractivity contribution is 0.0524. The molecule has 0 radical (unpaired) electrons. The molecule has 0 unspecified atom stereocenters. The molecular formula is C24H31N3O7S. The van der Waals surface area contributed by atoms with Crippen LogP contribution in [0.1, 0.15) is 54.0 Å². The maximum absolute atomic E-state index is 12.9. The third-order valence-electron chi connectivity index (χ3n) is 5.05. The van der Waals surface area contributed by atoms with E-state index in [2.05, 4.69) is 10.2 Å². The van der Waals surface area contributed by atoms with Crippen LogP contribution in [0.3, 0.4) is 0 Å². The van der Waals surface area contributed by atoms with Gasteiger partial charge < -0.3 is 19.7 Å². The largest absolute Gasteiger partial charge is 0.462 e. The van der Waals surface area contributed by atoms with Crippen LogP contribution in [0.15, 0.2) is 41.3 Å². The van der Waals surface area contributed by atoms with Crippen LogP contribution >= 0.6 is 0 Å². The summed E-state index contributed by atoms with van der Waals surface area (Å²) in [6.07, 6.45) is 0. The highest BCUT2D eigenvalue weighted by Gasteiger charge is 2.23. The van der Waals surface area contributed by atoms with E-state index < -0.39 is 32.9 Å². The number of hydrogen-bond acceptors (Lipinski definition) is 8. The van der Waals surface area contributed by atoms with Crippen molar-refractivity contribution in [3.05, 3.63) is 53.1 Å². The molecule has 10 nitrogen and oxygen atoms in total. The Morgan fingerprint density at radius 1 is 0.857 bits per heavy atom. The number of anilines is 2. The zero-order valence-electron chi connectivity index (χ0n) is 20.5. The van der Waals surface area contributed by atoms with E-state index in [-0.39, 0.29) is 24.3 Å². The number of aryl methyl sites for hydroxylation is 1. The SMILES string of the molecule is CCOC(=O)c1cc(C(=O)OCC)cc(S(=O)(=O)NC(=O)Nc2ccc(N(CC)CC)cc2C)c1. The van der Waals surface area contributed by atoms with Gasteiger partial charge in [0.2, 0.25) is 0 Å². The lowest BCUT2D eigenvalue weighted by atomic mass is 10.1. The second kappa shape index (κ2) is 12.2. The molecule has 0 heterocycles. The normalized spacial score (nSPS) is 10.9. The standard InChI is InChI=1S/C24H31N3O7S/c1-6-27(7-2)19-10-11-21(16(5)12-19)25-24(30)26-35(31,32)20-14-17(22(28)33-8-3)13-18(15-20)23(29)34-9-4/h10-15H,6-9H2,1-5H3,(H2,25,26,30). The molecule has 0 spiro atoms. The fourth-order valence-corrected chi connectivity index (χ4v) is 4.30. The van der Waals surface area contributed by atoms with Crippen molar-refractivity contribution in [2.24, 2.45) is 0 Å². The molecule has 0 saturated heterocycles. The van der Waals surface area contributed by atoms with Crippen molar-refractivity contribution in [3.63, 3.8) is 0 Å². The molecule has 2 amide bonds. The average Bonchev–Trinajstić information content (AvgIpc) is 2.81. The molecule has 0 aliphatic heterocycles. The predicted molar refractivity (Wildman–Crippen MR) is 132 cm³/mol. The fourth-order valence-electron chi connectivity index (χ4n) is 3.32. The maximum atomic E-state index is 12.9. The first-order valence-corrected chi connectivity index (χ1v) is 12.7. The van der Waals surface area contributed by atoms with Crippen LogP contribution in [0.2, 0.25) is 0 Å². The molecule has 2 aromatic carbocycles. The van der Waals surface area contributed by atoms with Gasteiger partial charge >= 0.3 is 18.0 Å². The van der Waals surface area contributed by atoms with Gasteiger partial charge in [-0.3, -0.25) is 0 Å². The Kier molecular flexibility index (Phi) is 9.64. The van der Waals surface area contributed by atoms with Gasteiger partial charge in [-0.1, -0.05) is 0 Å². The van der Waals surface area contributed by atoms with E-state index >= 15 is 0 Å². The Bertz CT molecular complexity index is 1160. The van der Waals surface area contributed by atoms with E-state index in [0.29, 0.717) is 5.69 Å². The van der Waals surface area contributed by atoms with E-state index in [1.54, 1.807) is 26.8 Å². The highest BCUT2D eigenvalue weighted by molar-refractivity contribution is 7.90. The summed E-state index contributed by atoms with van der Waals surface area (Å²) in [5, 5.41) is 2.52. The Morgan fingerprint density at radius 2 is 1.40 bits per heavy atom. The number of benzene rings is 2. The molecule has 0 aliphatic carbocycles. The third kappa shape index (κ3) is 7.19. The van der Waals surface area contributed by atoms with Crippen molar-refractivity contribution in [2.75, 3.05) is 36.5 Å². The van der Waals surface area contributed by atoms with Gasteiger partial charge in [-0.25, -0.2) is 27.5 Å². The van der Waals surface area contributed by atoms with Crippen LogP contribution < -0.4 is 14.9 Å². The smallest absolute Gasteiger partial charge is 0.338 e. The number of amides is 2. The molecule has 0 aliphatic rings. The van der Waals surface area contributed by atoms with Gasteiger partial charge in [0.25, 0.3) is 10.0 Å². The summed E-state index contributed by atoms with van der Waals surface area (Å²) >= 11 is 0. The van der Waals surface area contributed by atoms with Crippen LogP contribution in [0.5, 0.6) is 0 Å². The molecule has 0 atom stereocenters. The number of nitrogens with one attached hydrogen (secondary N) is 2. The summed E-state index contributed by atoms with van der Waals surface area (Å²) in [6.45, 7) is 10.8. The molecule has 0 fully saturated rings. The number of carbonyl (C=O) groups excluding carboxylic acids is 3. The molecular weight excluding hydrogens is 474 g/mol. The fraction of sp³-hybridized carbons (Fsp3) is 0.375. The number of ether oxygens (including phenoxy) is 2. The summed E-state index contributed by atoms with van der Waals surface area (Å²) in [5.74, 6) is -1.63. The maximum Gasteiger partial charge on any atom is 0.338 e. The van der Waals surface area contributed by atoms with Crippen LogP contribution in [0.4, 0.5) is 16.2 Å². The van der Waals surface area contributed by atoms with E-state index in [4.69, 9.17) is 9.47 Å². The van der Waals surface area contributed by atoms with Crippen LogP contribution in [0, 0.1) is 6.92 Å². The van der Waals surface area contributed by atoms with E-state index in [9.17, 15) is 22.8 Å². The molecule has 0 aromatic heterocycles. The topological polar surface area (TPSA) is 131 Å². The highest BCUT2D eigenvalue weighted by Crippen LogP contribution is 2.23. The van der Waals surface area contributed by atoms with Crippen LogP contribution in [-0.4, -0.2) is 52.7 Å². The Morgan fingerprint density at radius 3 is 1.86 bits per heavy atom. The van der Waals surface area contributed by atoms with Crippen molar-refractivity contribution in [1.29, 1.82) is 0 Å². The second-order valence-corrected chi connectivity index (χ2v) is 9.10. The number of sulfonamides is 1. The number of urea groups is 1. The molecule has 0 bridgehead atoms. The van der Waals surface area contributed by atoms with Crippen molar-refractivity contribution in [1.82, 2.24) is 4.72 Å². The number of esters is 2. The summed E-state index contributed by atoms with van der Waals surface area (Å²) in [4.78, 5) is 38.6. The summed E-state index contributed by atoms with van der Waals surface area (Å²) in [5.41, 5.74) is 1.83. The van der Waals surface area contributed by atoms with E-state index in [1.165, 1.54) is 6.07 Å². The van der Waals surface area contributed by atoms with Gasteiger partial charge in [0, 0.05) is 24.5 Å². The van der Waals surface area contributed by atoms with E-state index in [1.807, 2.05) is 30.7 Å². The van der Waals surface area contributed by atoms with Gasteiger partial charge in [-0.15, -0.1) is 0 Å². The first-order chi connectivity index (χ1) is 16.6. The molecule has 2 N–H and O–H groups in total. The van der Waals surface area contributed by atoms with E-state index in [0.717, 1.165) is 36.5 Å². The average molecular weight is 506 g/mol. The first kappa shape index (κ1) is 27.6. The van der Waals surface area contributed by atoms with Crippen molar-refractivity contribution < 1.29 is 32.3 Å². The van der Waals surface area contributed by atoms with Crippen molar-refractivity contribution in [2.45, 2.75) is 39.5 Å². The molecule has 190 valence electrons. The zero-order chi connectivity index (χ0) is 26.2. The molecule has 11 heteroatoms. The van der Waals surface area contributed by atoms with Crippen LogP contribution in [-0.2, 0) is 19.5 Å². The minimum atomic E-state index is -4.45. The van der Waals surface area contributed by atoms with Crippen molar-refractivity contribution >= 4 is 39.4 Å². The van der Waals surface area contributed by atoms with Gasteiger partial charge in [0.05, 0.1) is 29.2 Å². The lowest BCUT2D eigenvalue weighted by Gasteiger charge is -2.22. The minimum Gasteiger partial charge on any atom is -0.462 e. The lowest BCUT2D eigenvalue weighted by Crippen LogP contribution is -2.34. The van der Waals surface area contributed by atoms with Crippen molar-refractivity contribution in [3.8, 4) is 0 Å². The number of carbonyl (C=O) groups is 3. The van der Waals surface area contributed by atoms with Crippen LogP contribution in [0.25, 0.3) is 0 Å². The molecule has 2 aromatic rings. The third-order valence-corrected chi connectivity index (χ3v) is 6.36.